The molecule has 0 aliphatic heterocycles. The third-order valence-electron chi connectivity index (χ3n) is 2.53. The Kier molecular flexibility index (Phi) is 2.42. The van der Waals surface area contributed by atoms with Crippen molar-refractivity contribution in [2.75, 3.05) is 0 Å². The van der Waals surface area contributed by atoms with Gasteiger partial charge in [-0.15, -0.1) is 0 Å². The number of carbonyl (C=O) groups excluding carboxylic acids is 1. The van der Waals surface area contributed by atoms with Gasteiger partial charge in [-0.25, -0.2) is 0 Å². The van der Waals surface area contributed by atoms with Crippen LogP contribution in [0, 0.1) is 5.92 Å². The lowest BCUT2D eigenvalue weighted by atomic mass is 9.76. The van der Waals surface area contributed by atoms with E-state index in [1.807, 2.05) is 13.8 Å². The van der Waals surface area contributed by atoms with E-state index in [0.29, 0.717) is 0 Å². The molecule has 1 aliphatic carbocycles. The molecule has 1 rings (SSSR count). The molecule has 1 fully saturated rings. The molecule has 2 atom stereocenters. The molecule has 2 unspecified atom stereocenters. The second-order valence-corrected chi connectivity index (χ2v) is 4.11. The van der Waals surface area contributed by atoms with Crippen LogP contribution in [0.4, 0.5) is 0 Å². The van der Waals surface area contributed by atoms with Crippen LogP contribution in [0.15, 0.2) is 0 Å². The average molecular weight is 171 g/mol. The predicted octanol–water partition coefficient (Wildman–Crippen LogP) is 0.672. The van der Waals surface area contributed by atoms with E-state index in [4.69, 9.17) is 0 Å². The molecule has 0 aromatic heterocycles. The number of hydrogen-bond acceptors (Lipinski definition) is 2. The minimum atomic E-state index is -0.676. The van der Waals surface area contributed by atoms with Gasteiger partial charge >= 0.3 is 0 Å². The molecular formula is C9H17NO2. The van der Waals surface area contributed by atoms with E-state index in [1.165, 1.54) is 0 Å². The van der Waals surface area contributed by atoms with E-state index in [-0.39, 0.29) is 17.9 Å². The van der Waals surface area contributed by atoms with Crippen LogP contribution in [0.5, 0.6) is 0 Å². The van der Waals surface area contributed by atoms with E-state index >= 15 is 0 Å². The monoisotopic (exact) mass is 171 g/mol. The summed E-state index contributed by atoms with van der Waals surface area (Å²) < 4.78 is 0. The topological polar surface area (TPSA) is 49.3 Å². The van der Waals surface area contributed by atoms with Gasteiger partial charge < -0.3 is 10.4 Å². The quantitative estimate of drug-likeness (QED) is 0.641. The van der Waals surface area contributed by atoms with Gasteiger partial charge in [0.05, 0.1) is 11.6 Å². The number of aliphatic hydroxyl groups is 1. The fraction of sp³-hybridized carbons (Fsp3) is 0.889. The van der Waals surface area contributed by atoms with Crippen molar-refractivity contribution in [3.63, 3.8) is 0 Å². The highest BCUT2D eigenvalue weighted by molar-refractivity contribution is 5.78. The Morgan fingerprint density at radius 2 is 2.25 bits per heavy atom. The molecule has 12 heavy (non-hydrogen) atoms. The first-order chi connectivity index (χ1) is 5.43. The molecule has 0 spiro atoms. The molecule has 0 heterocycles. The van der Waals surface area contributed by atoms with E-state index in [2.05, 4.69) is 5.32 Å². The van der Waals surface area contributed by atoms with Gasteiger partial charge in [-0.2, -0.15) is 0 Å². The van der Waals surface area contributed by atoms with Gasteiger partial charge in [-0.1, -0.05) is 13.8 Å². The molecule has 0 aromatic carbocycles. The van der Waals surface area contributed by atoms with Crippen LogP contribution in [0.1, 0.15) is 33.6 Å². The van der Waals surface area contributed by atoms with Crippen LogP contribution >= 0.6 is 0 Å². The minimum Gasteiger partial charge on any atom is -0.388 e. The van der Waals surface area contributed by atoms with Crippen molar-refractivity contribution in [2.45, 2.75) is 45.3 Å². The van der Waals surface area contributed by atoms with E-state index in [1.54, 1.807) is 6.92 Å². The summed E-state index contributed by atoms with van der Waals surface area (Å²) in [5, 5.41) is 12.4. The first-order valence-corrected chi connectivity index (χ1v) is 4.46. The number of amides is 1. The summed E-state index contributed by atoms with van der Waals surface area (Å²) in [4.78, 5) is 11.2. The maximum atomic E-state index is 11.2. The molecule has 70 valence electrons. The largest absolute Gasteiger partial charge is 0.388 e. The Balaban J connectivity index is 2.38. The molecule has 0 radical (unpaired) electrons. The molecule has 0 saturated heterocycles. The molecule has 1 saturated carbocycles. The lowest BCUT2D eigenvalue weighted by molar-refractivity contribution is -0.130. The molecule has 0 aromatic rings. The fourth-order valence-corrected chi connectivity index (χ4v) is 1.27. The Hall–Kier alpha value is -0.570. The number of nitrogens with one attached hydrogen (secondary N) is 1. The van der Waals surface area contributed by atoms with Crippen molar-refractivity contribution >= 4 is 5.91 Å². The molecule has 3 nitrogen and oxygen atoms in total. The molecule has 3 heteroatoms. The number of hydrogen-bond donors (Lipinski definition) is 2. The summed E-state index contributed by atoms with van der Waals surface area (Å²) >= 11 is 0. The highest BCUT2D eigenvalue weighted by atomic mass is 16.3. The third-order valence-corrected chi connectivity index (χ3v) is 2.53. The summed E-state index contributed by atoms with van der Waals surface area (Å²) in [6.07, 6.45) is 1.68. The zero-order chi connectivity index (χ0) is 9.35. The van der Waals surface area contributed by atoms with Gasteiger partial charge in [0.2, 0.25) is 5.91 Å². The van der Waals surface area contributed by atoms with Gasteiger partial charge in [0.1, 0.15) is 0 Å². The number of carbonyl (C=O) groups is 1. The van der Waals surface area contributed by atoms with Crippen molar-refractivity contribution in [2.24, 2.45) is 5.92 Å². The minimum absolute atomic E-state index is 0.00130. The summed E-state index contributed by atoms with van der Waals surface area (Å²) in [5.41, 5.74) is -0.676. The van der Waals surface area contributed by atoms with Crippen molar-refractivity contribution in [3.05, 3.63) is 0 Å². The lowest BCUT2D eigenvalue weighted by Gasteiger charge is -2.43. The Morgan fingerprint density at radius 3 is 2.50 bits per heavy atom. The van der Waals surface area contributed by atoms with E-state index < -0.39 is 5.60 Å². The third kappa shape index (κ3) is 1.78. The highest BCUT2D eigenvalue weighted by Gasteiger charge is 2.41. The maximum Gasteiger partial charge on any atom is 0.222 e. The van der Waals surface area contributed by atoms with Crippen molar-refractivity contribution in [1.82, 2.24) is 5.32 Å². The van der Waals surface area contributed by atoms with Crippen LogP contribution < -0.4 is 5.32 Å². The average Bonchev–Trinajstić information content (AvgIpc) is 1.97. The first-order valence-electron chi connectivity index (χ1n) is 4.46. The zero-order valence-corrected chi connectivity index (χ0v) is 7.92. The van der Waals surface area contributed by atoms with Gasteiger partial charge in [0.15, 0.2) is 0 Å². The van der Waals surface area contributed by atoms with Gasteiger partial charge in [-0.3, -0.25) is 4.79 Å². The van der Waals surface area contributed by atoms with Gasteiger partial charge in [-0.05, 0) is 19.8 Å². The predicted molar refractivity (Wildman–Crippen MR) is 46.6 cm³/mol. The molecule has 0 bridgehead atoms. The summed E-state index contributed by atoms with van der Waals surface area (Å²) in [6.45, 7) is 5.47. The summed E-state index contributed by atoms with van der Waals surface area (Å²) in [7, 11) is 0. The van der Waals surface area contributed by atoms with E-state index in [0.717, 1.165) is 12.8 Å². The molecule has 1 amide bonds. The smallest absolute Gasteiger partial charge is 0.222 e. The van der Waals surface area contributed by atoms with Crippen molar-refractivity contribution < 1.29 is 9.90 Å². The number of rotatable bonds is 2. The zero-order valence-electron chi connectivity index (χ0n) is 7.92. The van der Waals surface area contributed by atoms with Crippen molar-refractivity contribution in [1.29, 1.82) is 0 Å². The molecule has 1 aliphatic rings. The van der Waals surface area contributed by atoms with E-state index in [9.17, 15) is 9.90 Å². The van der Waals surface area contributed by atoms with Crippen molar-refractivity contribution in [3.8, 4) is 0 Å². The molecular weight excluding hydrogens is 154 g/mol. The summed E-state index contributed by atoms with van der Waals surface area (Å²) in [5.74, 6) is 0.0291. The summed E-state index contributed by atoms with van der Waals surface area (Å²) in [6, 6.07) is -0.0348. The van der Waals surface area contributed by atoms with Crippen LogP contribution in [0.2, 0.25) is 0 Å². The second kappa shape index (κ2) is 3.05. The highest BCUT2D eigenvalue weighted by Crippen LogP contribution is 2.31. The second-order valence-electron chi connectivity index (χ2n) is 4.11. The molecule has 2 N–H and O–H groups in total. The fourth-order valence-electron chi connectivity index (χ4n) is 1.27. The van der Waals surface area contributed by atoms with Crippen LogP contribution in [-0.2, 0) is 4.79 Å². The van der Waals surface area contributed by atoms with Crippen LogP contribution in [0.25, 0.3) is 0 Å². The Morgan fingerprint density at radius 1 is 1.67 bits per heavy atom. The Labute approximate surface area is 73.2 Å². The first kappa shape index (κ1) is 9.52. The van der Waals surface area contributed by atoms with Crippen LogP contribution in [0.3, 0.4) is 0 Å². The normalized spacial score (nSPS) is 34.6. The van der Waals surface area contributed by atoms with Gasteiger partial charge in [0.25, 0.3) is 0 Å². The Bertz CT molecular complexity index is 187. The van der Waals surface area contributed by atoms with Gasteiger partial charge in [0, 0.05) is 5.92 Å². The maximum absolute atomic E-state index is 11.2. The SMILES string of the molecule is CC(C)C(=O)NC1CCC1(C)O. The standard InChI is InChI=1S/C9H17NO2/c1-6(2)8(11)10-7-4-5-9(7,3)12/h6-7,12H,4-5H2,1-3H3,(H,10,11). The lowest BCUT2D eigenvalue weighted by Crippen LogP contribution is -2.59. The van der Waals surface area contributed by atoms with Crippen LogP contribution in [-0.4, -0.2) is 22.7 Å².